The Morgan fingerprint density at radius 2 is 1.48 bits per heavy atom. The number of hydrogen-bond donors (Lipinski definition) is 2. The van der Waals surface area contributed by atoms with E-state index in [0.29, 0.717) is 77.8 Å². The minimum Gasteiger partial charge on any atom is -0.626 e. The summed E-state index contributed by atoms with van der Waals surface area (Å²) in [5, 5.41) is 0. The standard InChI is InChI=1S/C17H34N4O6P.Rb/c1-21(16(22)3-2-4-17(23)28)5-6-24-7-8-25-9-10-26-11-12-27-14-15(13-18)20-19;/h13H,2-12,14,18-19,28H2,1H3;/q-1;+1. The van der Waals surface area contributed by atoms with Gasteiger partial charge in [0.25, 0.3) is 0 Å². The molecule has 0 aromatic carbocycles. The molecule has 0 rings (SSSR count). The fourth-order valence-corrected chi connectivity index (χ4v) is 2.10. The second-order valence-electron chi connectivity index (χ2n) is 5.81. The van der Waals surface area contributed by atoms with Crippen LogP contribution in [0.2, 0.25) is 0 Å². The van der Waals surface area contributed by atoms with Crippen molar-refractivity contribution in [1.82, 2.24) is 4.90 Å². The molecule has 0 heterocycles. The van der Waals surface area contributed by atoms with Gasteiger partial charge in [0.2, 0.25) is 5.91 Å². The molecule has 0 bridgehead atoms. The Morgan fingerprint density at radius 3 is 1.97 bits per heavy atom. The predicted octanol–water partition coefficient (Wildman–Crippen LogP) is -2.87. The van der Waals surface area contributed by atoms with E-state index in [4.69, 9.17) is 30.5 Å². The molecule has 10 nitrogen and oxygen atoms in total. The van der Waals surface area contributed by atoms with Gasteiger partial charge in [-0.3, -0.25) is 9.59 Å². The first kappa shape index (κ1) is 31.7. The van der Waals surface area contributed by atoms with E-state index in [1.165, 1.54) is 6.20 Å². The topological polar surface area (TPSA) is 140 Å². The summed E-state index contributed by atoms with van der Waals surface area (Å²) >= 11 is 0. The van der Waals surface area contributed by atoms with Gasteiger partial charge >= 0.3 is 58.2 Å². The van der Waals surface area contributed by atoms with Crippen LogP contribution in [0.15, 0.2) is 11.9 Å². The van der Waals surface area contributed by atoms with Crippen molar-refractivity contribution in [3.8, 4) is 0 Å². The van der Waals surface area contributed by atoms with Crippen LogP contribution in [0.3, 0.4) is 0 Å². The van der Waals surface area contributed by atoms with E-state index < -0.39 is 0 Å². The van der Waals surface area contributed by atoms with Crippen molar-refractivity contribution in [2.24, 2.45) is 11.6 Å². The summed E-state index contributed by atoms with van der Waals surface area (Å²) in [6.45, 7) is 3.88. The zero-order valence-electron chi connectivity index (χ0n) is 17.6. The summed E-state index contributed by atoms with van der Waals surface area (Å²) in [4.78, 5) is 24.2. The van der Waals surface area contributed by atoms with E-state index >= 15 is 0 Å². The average Bonchev–Trinajstić information content (AvgIpc) is 2.67. The minimum atomic E-state index is 0. The van der Waals surface area contributed by atoms with Crippen LogP contribution in [0, 0.1) is 0 Å². The zero-order chi connectivity index (χ0) is 21.0. The summed E-state index contributed by atoms with van der Waals surface area (Å²) in [5.41, 5.74) is 9.21. The number of hydrogen-bond acceptors (Lipinski definition) is 8. The second-order valence-corrected chi connectivity index (χ2v) is 6.46. The molecule has 1 atom stereocenters. The molecular formula is C17H34N4O6PRb. The Hall–Kier alpha value is 0.515. The molecule has 0 spiro atoms. The third-order valence-corrected chi connectivity index (χ3v) is 3.82. The van der Waals surface area contributed by atoms with E-state index in [1.54, 1.807) is 11.9 Å². The fourth-order valence-electron chi connectivity index (χ4n) is 1.90. The van der Waals surface area contributed by atoms with Crippen LogP contribution in [-0.4, -0.2) is 82.8 Å². The molecule has 0 aromatic heterocycles. The Balaban J connectivity index is 0. The number of carbonyl (C=O) groups excluding carboxylic acids is 2. The minimum absolute atomic E-state index is 0. The summed E-state index contributed by atoms with van der Waals surface area (Å²) < 4.78 is 21.4. The van der Waals surface area contributed by atoms with Crippen LogP contribution < -0.4 is 69.8 Å². The summed E-state index contributed by atoms with van der Waals surface area (Å²) in [5.74, 6) is 5.10. The Morgan fingerprint density at radius 1 is 0.966 bits per heavy atom. The van der Waals surface area contributed by atoms with Gasteiger partial charge < -0.3 is 40.8 Å². The zero-order valence-corrected chi connectivity index (χ0v) is 23.7. The average molecular weight is 507 g/mol. The quantitative estimate of drug-likeness (QED) is 0.0824. The molecule has 0 radical (unpaired) electrons. The molecule has 1 amide bonds. The van der Waals surface area contributed by atoms with Crippen LogP contribution in [0.4, 0.5) is 0 Å². The number of ether oxygens (including phenoxy) is 4. The number of carbonyl (C=O) groups is 2. The van der Waals surface area contributed by atoms with Crippen LogP contribution in [0.5, 0.6) is 0 Å². The first-order valence-electron chi connectivity index (χ1n) is 9.16. The van der Waals surface area contributed by atoms with E-state index in [2.05, 4.69) is 14.7 Å². The Kier molecular flexibility index (Phi) is 25.3. The Bertz CT molecular complexity index is 460. The van der Waals surface area contributed by atoms with E-state index in [9.17, 15) is 9.59 Å². The van der Waals surface area contributed by atoms with Crippen LogP contribution in [0.25, 0.3) is 5.43 Å². The molecule has 0 saturated carbocycles. The van der Waals surface area contributed by atoms with Gasteiger partial charge in [0.05, 0.1) is 52.9 Å². The number of nitrogens with zero attached hydrogens (tertiary/aromatic N) is 2. The molecule has 12 heteroatoms. The van der Waals surface area contributed by atoms with Gasteiger partial charge in [-0.05, 0) is 12.6 Å². The summed E-state index contributed by atoms with van der Waals surface area (Å²) in [7, 11) is 3.84. The summed E-state index contributed by atoms with van der Waals surface area (Å²) in [6.07, 6.45) is 2.65. The third-order valence-electron chi connectivity index (χ3n) is 3.53. The van der Waals surface area contributed by atoms with Crippen LogP contribution >= 0.6 is 9.24 Å². The maximum atomic E-state index is 11.8. The number of nitrogens with two attached hydrogens (primary N) is 2. The first-order valence-corrected chi connectivity index (χ1v) is 9.74. The number of likely N-dealkylation sites (N-methyl/N-ethyl adjacent to an activating group) is 1. The van der Waals surface area contributed by atoms with Gasteiger partial charge in [0.15, 0.2) is 0 Å². The molecule has 0 saturated heterocycles. The van der Waals surface area contributed by atoms with Gasteiger partial charge in [-0.15, -0.1) is 5.70 Å². The molecule has 0 aromatic rings. The van der Waals surface area contributed by atoms with Crippen molar-refractivity contribution in [3.05, 3.63) is 17.3 Å². The van der Waals surface area contributed by atoms with Crippen LogP contribution in [-0.2, 0) is 28.5 Å². The Labute approximate surface area is 224 Å². The van der Waals surface area contributed by atoms with E-state index in [-0.39, 0.29) is 76.2 Å². The maximum Gasteiger partial charge on any atom is 1.00 e. The normalized spacial score (nSPS) is 11.1. The molecule has 0 aliphatic carbocycles. The third kappa shape index (κ3) is 21.5. The van der Waals surface area contributed by atoms with Crippen molar-refractivity contribution >= 4 is 20.7 Å². The van der Waals surface area contributed by atoms with Crippen molar-refractivity contribution in [2.45, 2.75) is 19.3 Å². The maximum absolute atomic E-state index is 11.8. The van der Waals surface area contributed by atoms with Gasteiger partial charge in [-0.1, -0.05) is 9.24 Å². The first-order chi connectivity index (χ1) is 13.5. The second kappa shape index (κ2) is 23.2. The van der Waals surface area contributed by atoms with Gasteiger partial charge in [-0.25, -0.2) is 0 Å². The largest absolute Gasteiger partial charge is 1.00 e. The molecule has 4 N–H and O–H groups in total. The van der Waals surface area contributed by atoms with Crippen molar-refractivity contribution in [2.75, 3.05) is 66.4 Å². The SMILES string of the molecule is CN(CCOCCOCCOCCOCC(=CN)[N-]N)C(=O)CCCC(=O)P.[Rb+]. The predicted molar refractivity (Wildman–Crippen MR) is 109 cm³/mol. The van der Waals surface area contributed by atoms with Crippen molar-refractivity contribution in [3.63, 3.8) is 0 Å². The van der Waals surface area contributed by atoms with Gasteiger partial charge in [0.1, 0.15) is 5.52 Å². The smallest absolute Gasteiger partial charge is 0.626 e. The van der Waals surface area contributed by atoms with Crippen LogP contribution in [0.1, 0.15) is 19.3 Å². The number of amides is 1. The molecule has 29 heavy (non-hydrogen) atoms. The molecule has 164 valence electrons. The van der Waals surface area contributed by atoms with Gasteiger partial charge in [0, 0.05) is 26.4 Å². The molecule has 1 unspecified atom stereocenters. The van der Waals surface area contributed by atoms with Gasteiger partial charge in [-0.2, -0.15) is 0 Å². The monoisotopic (exact) mass is 506 g/mol. The number of rotatable bonds is 19. The van der Waals surface area contributed by atoms with Crippen molar-refractivity contribution in [1.29, 1.82) is 0 Å². The van der Waals surface area contributed by atoms with E-state index in [1.807, 2.05) is 0 Å². The molecular weight excluding hydrogens is 473 g/mol. The molecule has 0 aliphatic heterocycles. The molecule has 0 aliphatic rings. The van der Waals surface area contributed by atoms with E-state index in [0.717, 1.165) is 0 Å². The summed E-state index contributed by atoms with van der Waals surface area (Å²) in [6, 6.07) is 0. The van der Waals surface area contributed by atoms with Crippen molar-refractivity contribution < 1.29 is 86.7 Å². The molecule has 0 fully saturated rings. The fraction of sp³-hybridized carbons (Fsp3) is 0.765.